The highest BCUT2D eigenvalue weighted by Gasteiger charge is 2.25. The van der Waals surface area contributed by atoms with Crippen LogP contribution in [0.4, 0.5) is 10.2 Å². The van der Waals surface area contributed by atoms with E-state index in [9.17, 15) is 9.50 Å². The lowest BCUT2D eigenvalue weighted by molar-refractivity contribution is 0.0344. The largest absolute Gasteiger partial charge is 0.389 e. The summed E-state index contributed by atoms with van der Waals surface area (Å²) in [7, 11) is 0. The van der Waals surface area contributed by atoms with Crippen LogP contribution in [0.5, 0.6) is 0 Å². The Kier molecular flexibility index (Phi) is 6.30. The number of aliphatic hydroxyl groups is 1. The third-order valence-electron chi connectivity index (χ3n) is 5.09. The van der Waals surface area contributed by atoms with Crippen LogP contribution < -0.4 is 4.90 Å². The molecule has 0 aliphatic carbocycles. The van der Waals surface area contributed by atoms with Gasteiger partial charge in [-0.25, -0.2) is 14.4 Å². The molecule has 2 heterocycles. The van der Waals surface area contributed by atoms with E-state index in [1.165, 1.54) is 12.1 Å². The van der Waals surface area contributed by atoms with Crippen molar-refractivity contribution < 1.29 is 9.50 Å². The van der Waals surface area contributed by atoms with Gasteiger partial charge in [-0.1, -0.05) is 19.1 Å². The second-order valence-electron chi connectivity index (χ2n) is 8.25. The number of anilines is 1. The molecule has 1 saturated heterocycles. The van der Waals surface area contributed by atoms with E-state index in [0.717, 1.165) is 61.1 Å². The molecule has 0 unspecified atom stereocenters. The van der Waals surface area contributed by atoms with Gasteiger partial charge in [0.2, 0.25) is 0 Å². The van der Waals surface area contributed by atoms with E-state index in [1.807, 2.05) is 32.9 Å². The Hall–Kier alpha value is -2.05. The summed E-state index contributed by atoms with van der Waals surface area (Å²) < 4.78 is 13.3. The second kappa shape index (κ2) is 8.53. The van der Waals surface area contributed by atoms with Crippen molar-refractivity contribution in [1.29, 1.82) is 0 Å². The fourth-order valence-electron chi connectivity index (χ4n) is 3.84. The highest BCUT2D eigenvalue weighted by Crippen LogP contribution is 2.26. The Morgan fingerprint density at radius 3 is 2.29 bits per heavy atom. The molecule has 1 aliphatic heterocycles. The summed E-state index contributed by atoms with van der Waals surface area (Å²) in [6.45, 7) is 11.9. The summed E-state index contributed by atoms with van der Waals surface area (Å²) in [5.74, 6) is 1.56. The quantitative estimate of drug-likeness (QED) is 0.827. The highest BCUT2D eigenvalue weighted by molar-refractivity contribution is 5.52. The summed E-state index contributed by atoms with van der Waals surface area (Å²) in [6.07, 6.45) is 1.54. The Labute approximate surface area is 167 Å². The van der Waals surface area contributed by atoms with Gasteiger partial charge in [-0.2, -0.15) is 0 Å². The average Bonchev–Trinajstić information content (AvgIpc) is 2.64. The van der Waals surface area contributed by atoms with Gasteiger partial charge >= 0.3 is 0 Å². The summed E-state index contributed by atoms with van der Waals surface area (Å²) in [5, 5.41) is 10.1. The number of hydrogen-bond acceptors (Lipinski definition) is 5. The molecule has 3 rings (SSSR count). The van der Waals surface area contributed by atoms with E-state index in [0.29, 0.717) is 13.0 Å². The van der Waals surface area contributed by atoms with E-state index in [2.05, 4.69) is 21.7 Å². The van der Waals surface area contributed by atoms with Crippen molar-refractivity contribution in [2.45, 2.75) is 46.1 Å². The Morgan fingerprint density at radius 2 is 1.71 bits per heavy atom. The minimum atomic E-state index is -0.684. The van der Waals surface area contributed by atoms with Gasteiger partial charge in [0.05, 0.1) is 5.60 Å². The molecule has 0 amide bonds. The Morgan fingerprint density at radius 1 is 1.07 bits per heavy atom. The molecule has 0 saturated carbocycles. The third kappa shape index (κ3) is 5.26. The van der Waals surface area contributed by atoms with E-state index < -0.39 is 5.60 Å². The third-order valence-corrected chi connectivity index (χ3v) is 5.09. The van der Waals surface area contributed by atoms with Gasteiger partial charge in [-0.3, -0.25) is 4.90 Å². The van der Waals surface area contributed by atoms with E-state index in [1.54, 1.807) is 0 Å². The molecule has 0 radical (unpaired) electrons. The number of halogens is 1. The van der Waals surface area contributed by atoms with Crippen molar-refractivity contribution in [1.82, 2.24) is 14.9 Å². The van der Waals surface area contributed by atoms with Crippen LogP contribution >= 0.6 is 0 Å². The lowest BCUT2D eigenvalue weighted by Gasteiger charge is -2.38. The molecule has 1 aromatic heterocycles. The topological polar surface area (TPSA) is 52.5 Å². The van der Waals surface area contributed by atoms with Crippen molar-refractivity contribution >= 4 is 5.82 Å². The minimum absolute atomic E-state index is 0.220. The van der Waals surface area contributed by atoms with Gasteiger partial charge in [0, 0.05) is 50.4 Å². The molecule has 1 fully saturated rings. The summed E-state index contributed by atoms with van der Waals surface area (Å²) in [4.78, 5) is 14.1. The second-order valence-corrected chi connectivity index (χ2v) is 8.25. The number of rotatable bonds is 6. The zero-order valence-corrected chi connectivity index (χ0v) is 17.4. The van der Waals surface area contributed by atoms with Gasteiger partial charge < -0.3 is 10.0 Å². The lowest BCUT2D eigenvalue weighted by Crippen LogP contribution is -2.51. The van der Waals surface area contributed by atoms with Crippen molar-refractivity contribution in [2.24, 2.45) is 0 Å². The smallest absolute Gasteiger partial charge is 0.136 e. The number of β-amino-alcohol motifs (C(OH)–C–C–N with tert-alkyl or cyclic N) is 1. The first-order valence-electron chi connectivity index (χ1n) is 10.1. The van der Waals surface area contributed by atoms with Gasteiger partial charge in [-0.15, -0.1) is 0 Å². The number of piperazine rings is 1. The minimum Gasteiger partial charge on any atom is -0.389 e. The molecule has 0 bridgehead atoms. The van der Waals surface area contributed by atoms with Crippen LogP contribution in [0.25, 0.3) is 0 Å². The molecule has 1 aromatic carbocycles. The van der Waals surface area contributed by atoms with Crippen LogP contribution in [-0.2, 0) is 12.8 Å². The number of hydrogen-bond donors (Lipinski definition) is 1. The van der Waals surface area contributed by atoms with Crippen LogP contribution in [0.3, 0.4) is 0 Å². The fourth-order valence-corrected chi connectivity index (χ4v) is 3.84. The van der Waals surface area contributed by atoms with E-state index in [-0.39, 0.29) is 5.82 Å². The highest BCUT2D eigenvalue weighted by atomic mass is 19.1. The maximum atomic E-state index is 13.3. The standard InChI is InChI=1S/C22H31FN4O/c1-5-20-19(14-17-6-8-18(23)9-7-17)21(25-16(2)24-20)27-12-10-26(11-13-27)15-22(3,4)28/h6-9,28H,5,10-15H2,1-4H3. The van der Waals surface area contributed by atoms with Crippen molar-refractivity contribution in [3.8, 4) is 0 Å². The van der Waals surface area contributed by atoms with Gasteiger partial charge in [-0.05, 0) is 44.9 Å². The zero-order chi connectivity index (χ0) is 20.3. The number of nitrogens with zero attached hydrogens (tertiary/aromatic N) is 4. The van der Waals surface area contributed by atoms with E-state index in [4.69, 9.17) is 4.98 Å². The molecular weight excluding hydrogens is 355 g/mol. The lowest BCUT2D eigenvalue weighted by atomic mass is 10.0. The maximum Gasteiger partial charge on any atom is 0.136 e. The first kappa shape index (κ1) is 20.7. The van der Waals surface area contributed by atoms with Crippen LogP contribution in [0, 0.1) is 12.7 Å². The van der Waals surface area contributed by atoms with Gasteiger partial charge in [0.15, 0.2) is 0 Å². The SMILES string of the molecule is CCc1nc(C)nc(N2CCN(CC(C)(C)O)CC2)c1Cc1ccc(F)cc1. The van der Waals surface area contributed by atoms with Crippen molar-refractivity contribution in [3.05, 3.63) is 52.7 Å². The Bertz CT molecular complexity index is 793. The van der Waals surface area contributed by atoms with Crippen LogP contribution in [0.1, 0.15) is 43.4 Å². The van der Waals surface area contributed by atoms with Crippen LogP contribution in [0.15, 0.2) is 24.3 Å². The number of benzene rings is 1. The van der Waals surface area contributed by atoms with Crippen LogP contribution in [0.2, 0.25) is 0 Å². The fraction of sp³-hybridized carbons (Fsp3) is 0.545. The van der Waals surface area contributed by atoms with Crippen molar-refractivity contribution in [3.63, 3.8) is 0 Å². The van der Waals surface area contributed by atoms with Gasteiger partial charge in [0.1, 0.15) is 17.5 Å². The predicted octanol–water partition coefficient (Wildman–Crippen LogP) is 2.97. The van der Waals surface area contributed by atoms with Crippen molar-refractivity contribution in [2.75, 3.05) is 37.6 Å². The molecule has 0 spiro atoms. The monoisotopic (exact) mass is 386 g/mol. The predicted molar refractivity (Wildman–Crippen MR) is 110 cm³/mol. The summed E-state index contributed by atoms with van der Waals surface area (Å²) >= 11 is 0. The summed E-state index contributed by atoms with van der Waals surface area (Å²) in [6, 6.07) is 6.68. The molecule has 6 heteroatoms. The molecule has 28 heavy (non-hydrogen) atoms. The molecule has 1 aliphatic rings. The Balaban J connectivity index is 1.84. The normalized spacial score (nSPS) is 15.9. The van der Waals surface area contributed by atoms with Crippen LogP contribution in [-0.4, -0.2) is 58.3 Å². The molecule has 2 aromatic rings. The molecule has 1 N–H and O–H groups in total. The number of aryl methyl sites for hydroxylation is 2. The zero-order valence-electron chi connectivity index (χ0n) is 17.4. The summed E-state index contributed by atoms with van der Waals surface area (Å²) in [5.41, 5.74) is 2.57. The molecule has 0 atom stereocenters. The molecule has 152 valence electrons. The molecule has 5 nitrogen and oxygen atoms in total. The first-order valence-corrected chi connectivity index (χ1v) is 10.1. The van der Waals surface area contributed by atoms with E-state index >= 15 is 0 Å². The average molecular weight is 387 g/mol. The maximum absolute atomic E-state index is 13.3. The van der Waals surface area contributed by atoms with Gasteiger partial charge in [0.25, 0.3) is 0 Å². The number of aromatic nitrogens is 2. The molecular formula is C22H31FN4O. The first-order chi connectivity index (χ1) is 13.2.